The van der Waals surface area contributed by atoms with Crippen LogP contribution in [0.4, 0.5) is 13.2 Å². The maximum atomic E-state index is 13.6. The van der Waals surface area contributed by atoms with Gasteiger partial charge in [0.2, 0.25) is 12.5 Å². The van der Waals surface area contributed by atoms with Crippen molar-refractivity contribution in [2.45, 2.75) is 38.4 Å². The van der Waals surface area contributed by atoms with Crippen molar-refractivity contribution in [1.29, 1.82) is 0 Å². The molecule has 0 atom stereocenters. The summed E-state index contributed by atoms with van der Waals surface area (Å²) < 4.78 is 58.1. The minimum atomic E-state index is -4.49. The first-order valence-corrected chi connectivity index (χ1v) is 10.4. The predicted octanol–water partition coefficient (Wildman–Crippen LogP) is 4.17. The fraction of sp³-hybridized carbons (Fsp3) is 0.455. The number of benzene rings is 1. The van der Waals surface area contributed by atoms with Gasteiger partial charge in [0.1, 0.15) is 5.69 Å². The molecule has 10 heteroatoms. The smallest absolute Gasteiger partial charge is 0.433 e. The van der Waals surface area contributed by atoms with Gasteiger partial charge < -0.3 is 14.2 Å². The molecule has 4 heterocycles. The second-order valence-electron chi connectivity index (χ2n) is 8.20. The maximum absolute atomic E-state index is 13.6. The van der Waals surface area contributed by atoms with Crippen molar-refractivity contribution in [2.24, 2.45) is 0 Å². The van der Waals surface area contributed by atoms with Crippen LogP contribution in [0.1, 0.15) is 41.4 Å². The molecule has 2 aliphatic heterocycles. The van der Waals surface area contributed by atoms with Crippen molar-refractivity contribution in [3.63, 3.8) is 0 Å². The Balaban J connectivity index is 1.32. The van der Waals surface area contributed by atoms with Gasteiger partial charge in [0.25, 0.3) is 0 Å². The molecule has 0 bridgehead atoms. The number of piperidine rings is 1. The Bertz CT molecular complexity index is 1150. The average molecular weight is 448 g/mol. The van der Waals surface area contributed by atoms with Gasteiger partial charge >= 0.3 is 6.18 Å². The van der Waals surface area contributed by atoms with Gasteiger partial charge in [-0.3, -0.25) is 4.90 Å². The number of fused-ring (bicyclic) bond motifs is 2. The molecule has 170 valence electrons. The SMILES string of the molecule is COc1cc(CN2CCC(c3cc(C(F)(F)F)n4nc(C)cc4n3)CC2)cc2c1OCO2. The molecule has 1 aromatic carbocycles. The Morgan fingerprint density at radius 2 is 1.91 bits per heavy atom. The highest BCUT2D eigenvalue weighted by Gasteiger charge is 2.36. The number of halogens is 3. The monoisotopic (exact) mass is 448 g/mol. The molecule has 0 aliphatic carbocycles. The number of likely N-dealkylation sites (tertiary alicyclic amines) is 1. The number of hydrogen-bond acceptors (Lipinski definition) is 6. The fourth-order valence-corrected chi connectivity index (χ4v) is 4.44. The zero-order valence-electron chi connectivity index (χ0n) is 17.8. The van der Waals surface area contributed by atoms with Crippen molar-refractivity contribution in [2.75, 3.05) is 27.0 Å². The molecule has 2 aromatic heterocycles. The predicted molar refractivity (Wildman–Crippen MR) is 109 cm³/mol. The van der Waals surface area contributed by atoms with Crippen LogP contribution in [-0.4, -0.2) is 46.5 Å². The number of rotatable bonds is 4. The van der Waals surface area contributed by atoms with Gasteiger partial charge in [0.15, 0.2) is 17.1 Å². The molecule has 0 saturated carbocycles. The van der Waals surface area contributed by atoms with Gasteiger partial charge in [-0.2, -0.15) is 18.3 Å². The molecule has 7 nitrogen and oxygen atoms in total. The third-order valence-corrected chi connectivity index (χ3v) is 5.99. The normalized spacial score (nSPS) is 17.3. The van der Waals surface area contributed by atoms with Crippen LogP contribution in [0, 0.1) is 6.92 Å². The first kappa shape index (κ1) is 20.9. The highest BCUT2D eigenvalue weighted by atomic mass is 19.4. The highest BCUT2D eigenvalue weighted by Crippen LogP contribution is 2.42. The number of ether oxygens (including phenoxy) is 3. The quantitative estimate of drug-likeness (QED) is 0.597. The van der Waals surface area contributed by atoms with E-state index in [1.807, 2.05) is 12.1 Å². The zero-order chi connectivity index (χ0) is 22.5. The number of hydrogen-bond donors (Lipinski definition) is 0. The van der Waals surface area contributed by atoms with E-state index in [-0.39, 0.29) is 18.4 Å². The fourth-order valence-electron chi connectivity index (χ4n) is 4.44. The van der Waals surface area contributed by atoms with E-state index in [1.165, 1.54) is 0 Å². The molecule has 0 radical (unpaired) electrons. The zero-order valence-corrected chi connectivity index (χ0v) is 17.8. The molecular formula is C22H23F3N4O3. The van der Waals surface area contributed by atoms with Crippen molar-refractivity contribution in [3.8, 4) is 17.2 Å². The Morgan fingerprint density at radius 3 is 2.62 bits per heavy atom. The van der Waals surface area contributed by atoms with E-state index in [9.17, 15) is 13.2 Å². The van der Waals surface area contributed by atoms with Crippen LogP contribution >= 0.6 is 0 Å². The summed E-state index contributed by atoms with van der Waals surface area (Å²) in [5.41, 5.74) is 1.49. The van der Waals surface area contributed by atoms with Gasteiger partial charge in [0.05, 0.1) is 12.8 Å². The summed E-state index contributed by atoms with van der Waals surface area (Å²) >= 11 is 0. The van der Waals surface area contributed by atoms with E-state index < -0.39 is 11.9 Å². The largest absolute Gasteiger partial charge is 0.493 e. The summed E-state index contributed by atoms with van der Waals surface area (Å²) in [4.78, 5) is 6.78. The van der Waals surface area contributed by atoms with Gasteiger partial charge in [-0.25, -0.2) is 9.50 Å². The molecule has 3 aromatic rings. The van der Waals surface area contributed by atoms with Crippen LogP contribution in [0.25, 0.3) is 5.65 Å². The van der Waals surface area contributed by atoms with E-state index in [0.29, 0.717) is 35.2 Å². The summed E-state index contributed by atoms with van der Waals surface area (Å²) in [5.74, 6) is 1.89. The Hall–Kier alpha value is -3.01. The van der Waals surface area contributed by atoms with Crippen LogP contribution < -0.4 is 14.2 Å². The first-order valence-electron chi connectivity index (χ1n) is 10.4. The second kappa shape index (κ2) is 7.84. The lowest BCUT2D eigenvalue weighted by atomic mass is 9.92. The average Bonchev–Trinajstić information content (AvgIpc) is 3.37. The van der Waals surface area contributed by atoms with Crippen LogP contribution in [0.5, 0.6) is 17.2 Å². The van der Waals surface area contributed by atoms with Crippen LogP contribution in [0.2, 0.25) is 0 Å². The minimum absolute atomic E-state index is 0.0288. The van der Waals surface area contributed by atoms with Crippen LogP contribution in [0.3, 0.4) is 0 Å². The summed E-state index contributed by atoms with van der Waals surface area (Å²) in [6.45, 7) is 4.05. The van der Waals surface area contributed by atoms with E-state index in [0.717, 1.165) is 42.1 Å². The summed E-state index contributed by atoms with van der Waals surface area (Å²) in [5, 5.41) is 3.96. The van der Waals surface area contributed by atoms with Crippen molar-refractivity contribution in [3.05, 3.63) is 46.9 Å². The Labute approximate surface area is 182 Å². The van der Waals surface area contributed by atoms with Crippen molar-refractivity contribution in [1.82, 2.24) is 19.5 Å². The molecule has 1 saturated heterocycles. The number of aromatic nitrogens is 3. The molecule has 0 amide bonds. The van der Waals surface area contributed by atoms with Gasteiger partial charge in [-0.1, -0.05) is 0 Å². The molecule has 0 unspecified atom stereocenters. The highest BCUT2D eigenvalue weighted by molar-refractivity contribution is 5.55. The molecule has 0 N–H and O–H groups in total. The molecule has 5 rings (SSSR count). The van der Waals surface area contributed by atoms with Gasteiger partial charge in [-0.05, 0) is 56.6 Å². The molecule has 1 fully saturated rings. The molecular weight excluding hydrogens is 425 g/mol. The molecule has 32 heavy (non-hydrogen) atoms. The van der Waals surface area contributed by atoms with E-state index in [1.54, 1.807) is 20.1 Å². The number of aryl methyl sites for hydroxylation is 1. The lowest BCUT2D eigenvalue weighted by Crippen LogP contribution is -2.33. The summed E-state index contributed by atoms with van der Waals surface area (Å²) in [7, 11) is 1.59. The summed E-state index contributed by atoms with van der Waals surface area (Å²) in [6, 6.07) is 6.63. The third kappa shape index (κ3) is 3.83. The van der Waals surface area contributed by atoms with Gasteiger partial charge in [-0.15, -0.1) is 0 Å². The number of methoxy groups -OCH3 is 1. The second-order valence-corrected chi connectivity index (χ2v) is 8.20. The first-order chi connectivity index (χ1) is 15.3. The van der Waals surface area contributed by atoms with E-state index in [2.05, 4.69) is 15.0 Å². The maximum Gasteiger partial charge on any atom is 0.433 e. The standard InChI is InChI=1S/C22H23F3N4O3/c1-13-7-20-26-16(10-19(22(23,24)25)29(20)27-13)15-3-5-28(6-4-15)11-14-8-17(30-2)21-18(9-14)31-12-32-21/h7-10,15H,3-6,11-12H2,1-2H3. The number of nitrogens with zero attached hydrogens (tertiary/aromatic N) is 4. The van der Waals surface area contributed by atoms with Crippen LogP contribution in [-0.2, 0) is 12.7 Å². The lowest BCUT2D eigenvalue weighted by Gasteiger charge is -2.32. The van der Waals surface area contributed by atoms with Crippen molar-refractivity contribution >= 4 is 5.65 Å². The van der Waals surface area contributed by atoms with Crippen LogP contribution in [0.15, 0.2) is 24.3 Å². The minimum Gasteiger partial charge on any atom is -0.493 e. The lowest BCUT2D eigenvalue weighted by molar-refractivity contribution is -0.142. The Kier molecular flexibility index (Phi) is 5.11. The van der Waals surface area contributed by atoms with E-state index >= 15 is 0 Å². The Morgan fingerprint density at radius 1 is 1.12 bits per heavy atom. The van der Waals surface area contributed by atoms with Crippen molar-refractivity contribution < 1.29 is 27.4 Å². The third-order valence-electron chi connectivity index (χ3n) is 5.99. The molecule has 0 spiro atoms. The van der Waals surface area contributed by atoms with E-state index in [4.69, 9.17) is 14.2 Å². The number of alkyl halides is 3. The van der Waals surface area contributed by atoms with Gasteiger partial charge in [0, 0.05) is 24.2 Å². The summed E-state index contributed by atoms with van der Waals surface area (Å²) in [6.07, 6.45) is -3.03. The molecule has 2 aliphatic rings. The topological polar surface area (TPSA) is 61.1 Å².